The van der Waals surface area contributed by atoms with E-state index in [4.69, 9.17) is 9.47 Å². The maximum absolute atomic E-state index is 12.6. The predicted molar refractivity (Wildman–Crippen MR) is 159 cm³/mol. The highest BCUT2D eigenvalue weighted by molar-refractivity contribution is 8.76. The number of aliphatic carboxylic acids is 1. The lowest BCUT2D eigenvalue weighted by molar-refractivity contribution is -0.142. The summed E-state index contributed by atoms with van der Waals surface area (Å²) in [4.78, 5) is 24.0. The highest BCUT2D eigenvalue weighted by Crippen LogP contribution is 2.35. The van der Waals surface area contributed by atoms with Gasteiger partial charge in [0.25, 0.3) is 0 Å². The van der Waals surface area contributed by atoms with Crippen molar-refractivity contribution in [3.63, 3.8) is 0 Å². The molecule has 0 aliphatic heterocycles. The van der Waals surface area contributed by atoms with Gasteiger partial charge in [0.1, 0.15) is 17.3 Å². The molecule has 9 heteroatoms. The molecule has 1 rings (SSSR count). The minimum atomic E-state index is -1.03. The molecule has 1 unspecified atom stereocenters. The van der Waals surface area contributed by atoms with Crippen molar-refractivity contribution in [2.75, 3.05) is 12.2 Å². The summed E-state index contributed by atoms with van der Waals surface area (Å²) in [6, 6.07) is 5.72. The first-order chi connectivity index (χ1) is 17.4. The molecule has 0 aliphatic carbocycles. The molecule has 1 aromatic rings. The number of hydrogen-bond donors (Lipinski definition) is 3. The van der Waals surface area contributed by atoms with E-state index in [9.17, 15) is 19.8 Å². The number of rotatable bonds is 14. The SMILES string of the molecule is CSSCOc1cc(C[C@@H](C[C@H](NC(=O)OC(C)(C)C)[C@@H](O)CC(C)C(=O)O)C(C)C)ccc1C(C)(C)C. The highest BCUT2D eigenvalue weighted by atomic mass is 33.1. The van der Waals surface area contributed by atoms with Gasteiger partial charge in [-0.2, -0.15) is 0 Å². The molecule has 0 heterocycles. The zero-order valence-corrected chi connectivity index (χ0v) is 26.4. The molecule has 1 aromatic carbocycles. The van der Waals surface area contributed by atoms with Crippen LogP contribution in [0.5, 0.6) is 5.75 Å². The third kappa shape index (κ3) is 12.5. The lowest BCUT2D eigenvalue weighted by atomic mass is 9.80. The van der Waals surface area contributed by atoms with Gasteiger partial charge in [-0.15, -0.1) is 0 Å². The van der Waals surface area contributed by atoms with Crippen LogP contribution in [-0.2, 0) is 21.4 Å². The second-order valence-electron chi connectivity index (χ2n) is 12.4. The molecule has 0 fully saturated rings. The number of carbonyl (C=O) groups is 2. The van der Waals surface area contributed by atoms with Crippen molar-refractivity contribution in [1.29, 1.82) is 0 Å². The van der Waals surface area contributed by atoms with Crippen molar-refractivity contribution >= 4 is 33.7 Å². The maximum atomic E-state index is 12.6. The number of carboxylic acids is 1. The largest absolute Gasteiger partial charge is 0.482 e. The number of ether oxygens (including phenoxy) is 2. The van der Waals surface area contributed by atoms with Crippen molar-refractivity contribution in [3.05, 3.63) is 29.3 Å². The summed E-state index contributed by atoms with van der Waals surface area (Å²) in [6.45, 7) is 17.6. The smallest absolute Gasteiger partial charge is 0.407 e. The van der Waals surface area contributed by atoms with Gasteiger partial charge in [0, 0.05) is 0 Å². The number of alkyl carbamates (subject to hydrolysis) is 1. The molecule has 4 atom stereocenters. The van der Waals surface area contributed by atoms with Crippen LogP contribution in [0.15, 0.2) is 18.2 Å². The molecule has 1 amide bonds. The van der Waals surface area contributed by atoms with Crippen LogP contribution in [0.25, 0.3) is 0 Å². The lowest BCUT2D eigenvalue weighted by Gasteiger charge is -2.32. The fourth-order valence-electron chi connectivity index (χ4n) is 4.19. The van der Waals surface area contributed by atoms with Gasteiger partial charge >= 0.3 is 12.1 Å². The van der Waals surface area contributed by atoms with Crippen molar-refractivity contribution < 1.29 is 29.3 Å². The lowest BCUT2D eigenvalue weighted by Crippen LogP contribution is -2.47. The van der Waals surface area contributed by atoms with E-state index in [0.29, 0.717) is 12.4 Å². The van der Waals surface area contributed by atoms with Crippen LogP contribution in [0.3, 0.4) is 0 Å². The summed E-state index contributed by atoms with van der Waals surface area (Å²) in [5, 5.41) is 23.2. The molecule has 0 aliphatic rings. The number of carbonyl (C=O) groups excluding carboxylic acids is 1. The quantitative estimate of drug-likeness (QED) is 0.126. The van der Waals surface area contributed by atoms with Crippen molar-refractivity contribution in [2.45, 2.75) is 105 Å². The Kier molecular flexibility index (Phi) is 13.8. The minimum absolute atomic E-state index is 0.0337. The Morgan fingerprint density at radius 2 is 1.68 bits per heavy atom. The van der Waals surface area contributed by atoms with E-state index in [2.05, 4.69) is 58.1 Å². The van der Waals surface area contributed by atoms with E-state index >= 15 is 0 Å². The van der Waals surface area contributed by atoms with Gasteiger partial charge in [0.15, 0.2) is 0 Å². The molecule has 0 saturated carbocycles. The Bertz CT molecular complexity index is 894. The Hall–Kier alpha value is -1.58. The first-order valence-corrected chi connectivity index (χ1v) is 16.0. The third-order valence-corrected chi connectivity index (χ3v) is 7.86. The van der Waals surface area contributed by atoms with Gasteiger partial charge in [-0.05, 0) is 80.7 Å². The minimum Gasteiger partial charge on any atom is -0.482 e. The standard InChI is InChI=1S/C29H49NO6S2/c1-18(2)21(14-20-11-12-22(28(4,5)6)25(15-20)35-17-38-37-10)16-23(24(31)13-19(3)26(32)33)30-27(34)36-29(7,8)9/h11-12,15,18-19,21,23-24,31H,13-14,16-17H2,1-10H3,(H,30,34)(H,32,33)/t19?,21-,23-,24-/m0/s1. The van der Waals surface area contributed by atoms with Gasteiger partial charge in [-0.1, -0.05) is 75.3 Å². The number of aliphatic hydroxyl groups is 1. The Morgan fingerprint density at radius 3 is 2.18 bits per heavy atom. The van der Waals surface area contributed by atoms with Gasteiger partial charge in [-0.25, -0.2) is 4.79 Å². The summed E-state index contributed by atoms with van der Waals surface area (Å²) in [5.41, 5.74) is 1.50. The fourth-order valence-corrected chi connectivity index (χ4v) is 4.89. The Balaban J connectivity index is 3.22. The second-order valence-corrected chi connectivity index (χ2v) is 14.9. The molecule has 218 valence electrons. The van der Waals surface area contributed by atoms with Gasteiger partial charge < -0.3 is 25.0 Å². The third-order valence-electron chi connectivity index (χ3n) is 6.42. The fraction of sp³-hybridized carbons (Fsp3) is 0.724. The topological polar surface area (TPSA) is 105 Å². The number of nitrogens with one attached hydrogen (secondary N) is 1. The molecular formula is C29H49NO6S2. The zero-order valence-electron chi connectivity index (χ0n) is 24.8. The average molecular weight is 572 g/mol. The van der Waals surface area contributed by atoms with Crippen LogP contribution in [-0.4, -0.2) is 52.2 Å². The molecule has 3 N–H and O–H groups in total. The molecular weight excluding hydrogens is 522 g/mol. The molecule has 0 spiro atoms. The number of carboxylic acid groups (broad SMARTS) is 1. The number of amides is 1. The van der Waals surface area contributed by atoms with Crippen LogP contribution < -0.4 is 10.1 Å². The summed E-state index contributed by atoms with van der Waals surface area (Å²) in [7, 11) is 3.31. The van der Waals surface area contributed by atoms with Crippen molar-refractivity contribution in [1.82, 2.24) is 5.32 Å². The van der Waals surface area contributed by atoms with E-state index in [0.717, 1.165) is 23.3 Å². The van der Waals surface area contributed by atoms with E-state index in [1.54, 1.807) is 49.3 Å². The Labute approximate surface area is 237 Å². The molecule has 38 heavy (non-hydrogen) atoms. The van der Waals surface area contributed by atoms with Crippen molar-refractivity contribution in [3.8, 4) is 5.75 Å². The first-order valence-electron chi connectivity index (χ1n) is 13.3. The maximum Gasteiger partial charge on any atom is 0.407 e. The summed E-state index contributed by atoms with van der Waals surface area (Å²) in [5.74, 6) is 0.0648. The zero-order chi connectivity index (χ0) is 29.3. The Morgan fingerprint density at radius 1 is 1.05 bits per heavy atom. The van der Waals surface area contributed by atoms with Gasteiger partial charge in [-0.3, -0.25) is 4.79 Å². The van der Waals surface area contributed by atoms with E-state index < -0.39 is 35.7 Å². The van der Waals surface area contributed by atoms with E-state index in [1.807, 2.05) is 6.26 Å². The summed E-state index contributed by atoms with van der Waals surface area (Å²) >= 11 is 0. The first kappa shape index (κ1) is 34.4. The average Bonchev–Trinajstić information content (AvgIpc) is 2.76. The van der Waals surface area contributed by atoms with Crippen LogP contribution in [0.4, 0.5) is 4.79 Å². The predicted octanol–water partition coefficient (Wildman–Crippen LogP) is 6.90. The van der Waals surface area contributed by atoms with Crippen LogP contribution in [0, 0.1) is 17.8 Å². The second kappa shape index (κ2) is 15.3. The van der Waals surface area contributed by atoms with Crippen LogP contribution in [0.1, 0.15) is 86.3 Å². The highest BCUT2D eigenvalue weighted by Gasteiger charge is 2.31. The molecule has 0 saturated heterocycles. The molecule has 0 bridgehead atoms. The van der Waals surface area contributed by atoms with E-state index in [1.165, 1.54) is 0 Å². The normalized spacial score (nSPS) is 15.5. The molecule has 7 nitrogen and oxygen atoms in total. The van der Waals surface area contributed by atoms with E-state index in [-0.39, 0.29) is 23.7 Å². The monoisotopic (exact) mass is 571 g/mol. The number of benzene rings is 1. The molecule has 0 aromatic heterocycles. The van der Waals surface area contributed by atoms with Crippen LogP contribution in [0.2, 0.25) is 0 Å². The molecule has 0 radical (unpaired) electrons. The van der Waals surface area contributed by atoms with Gasteiger partial charge in [0.2, 0.25) is 0 Å². The van der Waals surface area contributed by atoms with Gasteiger partial charge in [0.05, 0.1) is 18.1 Å². The number of aliphatic hydroxyl groups excluding tert-OH is 1. The van der Waals surface area contributed by atoms with Crippen molar-refractivity contribution in [2.24, 2.45) is 17.8 Å². The van der Waals surface area contributed by atoms with Crippen LogP contribution >= 0.6 is 21.6 Å². The summed E-state index contributed by atoms with van der Waals surface area (Å²) < 4.78 is 11.6. The number of hydrogen-bond acceptors (Lipinski definition) is 7. The summed E-state index contributed by atoms with van der Waals surface area (Å²) in [6.07, 6.45) is 1.61.